The molecule has 1 aromatic rings. The van der Waals surface area contributed by atoms with Gasteiger partial charge in [-0.3, -0.25) is 4.79 Å². The Morgan fingerprint density at radius 2 is 2.39 bits per heavy atom. The third-order valence-corrected chi connectivity index (χ3v) is 3.58. The Morgan fingerprint density at radius 3 is 3.11 bits per heavy atom. The van der Waals surface area contributed by atoms with E-state index >= 15 is 0 Å². The van der Waals surface area contributed by atoms with Gasteiger partial charge in [-0.25, -0.2) is 0 Å². The Balaban J connectivity index is 1.92. The highest BCUT2D eigenvalue weighted by atomic mass is 35.5. The van der Waals surface area contributed by atoms with Crippen LogP contribution < -0.4 is 10.6 Å². The third kappa shape index (κ3) is 3.72. The van der Waals surface area contributed by atoms with Crippen molar-refractivity contribution in [2.24, 2.45) is 5.92 Å². The number of carbonyl (C=O) groups excluding carboxylic acids is 1. The number of rotatable bonds is 3. The molecule has 1 saturated heterocycles. The summed E-state index contributed by atoms with van der Waals surface area (Å²) in [6.45, 7) is 3.99. The predicted molar refractivity (Wildman–Crippen MR) is 75.0 cm³/mol. The normalized spacial score (nSPS) is 19.6. The minimum atomic E-state index is 0.0778. The predicted octanol–water partition coefficient (Wildman–Crippen LogP) is 2.98. The van der Waals surface area contributed by atoms with Crippen molar-refractivity contribution >= 4 is 23.2 Å². The first kappa shape index (κ1) is 13.4. The van der Waals surface area contributed by atoms with Crippen LogP contribution in [0.3, 0.4) is 0 Å². The summed E-state index contributed by atoms with van der Waals surface area (Å²) in [6.07, 6.45) is 2.88. The lowest BCUT2D eigenvalue weighted by Gasteiger charge is -2.22. The van der Waals surface area contributed by atoms with E-state index in [4.69, 9.17) is 11.6 Å². The fourth-order valence-corrected chi connectivity index (χ4v) is 2.46. The maximum absolute atomic E-state index is 12.0. The van der Waals surface area contributed by atoms with Gasteiger partial charge >= 0.3 is 0 Å². The molecule has 0 spiro atoms. The van der Waals surface area contributed by atoms with Crippen LogP contribution in [-0.2, 0) is 4.79 Å². The van der Waals surface area contributed by atoms with Crippen molar-refractivity contribution in [1.82, 2.24) is 5.32 Å². The largest absolute Gasteiger partial charge is 0.326 e. The summed E-state index contributed by atoms with van der Waals surface area (Å²) in [6, 6.07) is 5.55. The molecule has 3 nitrogen and oxygen atoms in total. The molecule has 0 aromatic heterocycles. The van der Waals surface area contributed by atoms with Crippen molar-refractivity contribution in [3.8, 4) is 0 Å². The Morgan fingerprint density at radius 1 is 1.56 bits per heavy atom. The fraction of sp³-hybridized carbons (Fsp3) is 0.500. The van der Waals surface area contributed by atoms with Gasteiger partial charge in [-0.05, 0) is 56.5 Å². The van der Waals surface area contributed by atoms with E-state index in [9.17, 15) is 4.79 Å². The van der Waals surface area contributed by atoms with Crippen LogP contribution in [0.4, 0.5) is 5.69 Å². The van der Waals surface area contributed by atoms with Crippen LogP contribution in [-0.4, -0.2) is 19.0 Å². The summed E-state index contributed by atoms with van der Waals surface area (Å²) < 4.78 is 0. The molecule has 1 unspecified atom stereocenters. The van der Waals surface area contributed by atoms with E-state index < -0.39 is 0 Å². The van der Waals surface area contributed by atoms with Gasteiger partial charge in [0.2, 0.25) is 5.91 Å². The van der Waals surface area contributed by atoms with E-state index in [2.05, 4.69) is 10.6 Å². The van der Waals surface area contributed by atoms with Gasteiger partial charge in [-0.1, -0.05) is 17.7 Å². The molecule has 1 aliphatic heterocycles. The minimum Gasteiger partial charge on any atom is -0.326 e. The number of hydrogen-bond donors (Lipinski definition) is 2. The van der Waals surface area contributed by atoms with E-state index in [1.165, 1.54) is 0 Å². The van der Waals surface area contributed by atoms with Crippen molar-refractivity contribution in [1.29, 1.82) is 0 Å². The first-order chi connectivity index (χ1) is 8.65. The molecule has 0 radical (unpaired) electrons. The van der Waals surface area contributed by atoms with Gasteiger partial charge in [0, 0.05) is 17.1 Å². The molecular formula is C14H19ClN2O. The average Bonchev–Trinajstić information content (AvgIpc) is 2.35. The van der Waals surface area contributed by atoms with E-state index in [1.54, 1.807) is 6.07 Å². The van der Waals surface area contributed by atoms with Crippen molar-refractivity contribution in [3.05, 3.63) is 28.8 Å². The zero-order chi connectivity index (χ0) is 13.0. The zero-order valence-electron chi connectivity index (χ0n) is 10.6. The number of aryl methyl sites for hydroxylation is 1. The molecule has 1 fully saturated rings. The minimum absolute atomic E-state index is 0.0778. The van der Waals surface area contributed by atoms with E-state index in [0.29, 0.717) is 17.4 Å². The zero-order valence-corrected chi connectivity index (χ0v) is 11.4. The molecule has 1 amide bonds. The maximum atomic E-state index is 12.0. The first-order valence-electron chi connectivity index (χ1n) is 6.42. The second kappa shape index (κ2) is 6.21. The highest BCUT2D eigenvalue weighted by molar-refractivity contribution is 6.31. The summed E-state index contributed by atoms with van der Waals surface area (Å²) in [5, 5.41) is 6.92. The first-order valence-corrected chi connectivity index (χ1v) is 6.79. The molecule has 18 heavy (non-hydrogen) atoms. The monoisotopic (exact) mass is 266 g/mol. The molecule has 1 aliphatic rings. The van der Waals surface area contributed by atoms with Crippen molar-refractivity contribution in [3.63, 3.8) is 0 Å². The SMILES string of the molecule is Cc1ccc(Cl)cc1NC(=O)CC1CCCNC1. The standard InChI is InChI=1S/C14H19ClN2O/c1-10-4-5-12(15)8-13(10)17-14(18)7-11-3-2-6-16-9-11/h4-5,8,11,16H,2-3,6-7,9H2,1H3,(H,17,18). The molecule has 0 aliphatic carbocycles. The quantitative estimate of drug-likeness (QED) is 0.883. The van der Waals surface area contributed by atoms with Crippen LogP contribution in [0.5, 0.6) is 0 Å². The fourth-order valence-electron chi connectivity index (χ4n) is 2.29. The number of anilines is 1. The van der Waals surface area contributed by atoms with Gasteiger partial charge in [0.1, 0.15) is 0 Å². The number of carbonyl (C=O) groups is 1. The Kier molecular flexibility index (Phi) is 4.61. The van der Waals surface area contributed by atoms with E-state index in [-0.39, 0.29) is 5.91 Å². The number of piperidine rings is 1. The molecular weight excluding hydrogens is 248 g/mol. The summed E-state index contributed by atoms with van der Waals surface area (Å²) in [4.78, 5) is 12.0. The number of benzene rings is 1. The van der Waals surface area contributed by atoms with Crippen LogP contribution in [0.15, 0.2) is 18.2 Å². The van der Waals surface area contributed by atoms with E-state index in [0.717, 1.165) is 37.2 Å². The Hall–Kier alpha value is -1.06. The molecule has 0 bridgehead atoms. The maximum Gasteiger partial charge on any atom is 0.224 e. The highest BCUT2D eigenvalue weighted by Gasteiger charge is 2.17. The molecule has 1 aromatic carbocycles. The summed E-state index contributed by atoms with van der Waals surface area (Å²) in [7, 11) is 0. The van der Waals surface area contributed by atoms with Crippen LogP contribution in [0, 0.1) is 12.8 Å². The van der Waals surface area contributed by atoms with Crippen LogP contribution in [0.1, 0.15) is 24.8 Å². The molecule has 98 valence electrons. The lowest BCUT2D eigenvalue weighted by molar-refractivity contribution is -0.117. The lowest BCUT2D eigenvalue weighted by atomic mass is 9.96. The van der Waals surface area contributed by atoms with Gasteiger partial charge in [0.15, 0.2) is 0 Å². The second-order valence-corrected chi connectivity index (χ2v) is 5.36. The van der Waals surface area contributed by atoms with Gasteiger partial charge in [0.05, 0.1) is 0 Å². The Bertz CT molecular complexity index is 428. The molecule has 0 saturated carbocycles. The number of halogens is 1. The molecule has 1 atom stereocenters. The van der Waals surface area contributed by atoms with Gasteiger partial charge in [0.25, 0.3) is 0 Å². The van der Waals surface area contributed by atoms with Crippen molar-refractivity contribution < 1.29 is 4.79 Å². The van der Waals surface area contributed by atoms with Crippen molar-refractivity contribution in [2.75, 3.05) is 18.4 Å². The number of amides is 1. The summed E-state index contributed by atoms with van der Waals surface area (Å²) in [5.41, 5.74) is 1.85. The smallest absolute Gasteiger partial charge is 0.224 e. The second-order valence-electron chi connectivity index (χ2n) is 4.92. The topological polar surface area (TPSA) is 41.1 Å². The van der Waals surface area contributed by atoms with Gasteiger partial charge in [-0.15, -0.1) is 0 Å². The lowest BCUT2D eigenvalue weighted by Crippen LogP contribution is -2.32. The molecule has 1 heterocycles. The average molecular weight is 267 g/mol. The highest BCUT2D eigenvalue weighted by Crippen LogP contribution is 2.21. The van der Waals surface area contributed by atoms with Crippen molar-refractivity contribution in [2.45, 2.75) is 26.2 Å². The molecule has 2 N–H and O–H groups in total. The van der Waals surface area contributed by atoms with Gasteiger partial charge in [-0.2, -0.15) is 0 Å². The summed E-state index contributed by atoms with van der Waals surface area (Å²) >= 11 is 5.93. The van der Waals surface area contributed by atoms with Crippen LogP contribution in [0.2, 0.25) is 5.02 Å². The van der Waals surface area contributed by atoms with E-state index in [1.807, 2.05) is 19.1 Å². The molecule has 2 rings (SSSR count). The summed E-state index contributed by atoms with van der Waals surface area (Å²) in [5.74, 6) is 0.535. The van der Waals surface area contributed by atoms with Crippen LogP contribution in [0.25, 0.3) is 0 Å². The Labute approximate surface area is 113 Å². The molecule has 4 heteroatoms. The van der Waals surface area contributed by atoms with Gasteiger partial charge < -0.3 is 10.6 Å². The number of hydrogen-bond acceptors (Lipinski definition) is 2. The third-order valence-electron chi connectivity index (χ3n) is 3.35. The number of nitrogens with one attached hydrogen (secondary N) is 2. The van der Waals surface area contributed by atoms with Crippen LogP contribution >= 0.6 is 11.6 Å².